The first-order valence-electron chi connectivity index (χ1n) is 7.54. The van der Waals surface area contributed by atoms with Crippen LogP contribution in [0.25, 0.3) is 0 Å². The van der Waals surface area contributed by atoms with E-state index in [1.165, 1.54) is 25.7 Å². The van der Waals surface area contributed by atoms with E-state index in [1.54, 1.807) is 24.3 Å². The normalized spacial score (nSPS) is 27.7. The Morgan fingerprint density at radius 1 is 1.19 bits per heavy atom. The average molecular weight is 304 g/mol. The van der Waals surface area contributed by atoms with Crippen molar-refractivity contribution in [3.63, 3.8) is 0 Å². The van der Waals surface area contributed by atoms with Crippen molar-refractivity contribution < 1.29 is 8.42 Å². The van der Waals surface area contributed by atoms with E-state index >= 15 is 0 Å². The minimum absolute atomic E-state index is 0.285. The van der Waals surface area contributed by atoms with Crippen LogP contribution in [-0.4, -0.2) is 15.0 Å². The lowest BCUT2D eigenvalue weighted by Crippen LogP contribution is -2.31. The van der Waals surface area contributed by atoms with Gasteiger partial charge in [0.15, 0.2) is 0 Å². The van der Waals surface area contributed by atoms with Crippen LogP contribution in [0.3, 0.4) is 0 Å². The highest BCUT2D eigenvalue weighted by Gasteiger charge is 2.39. The Morgan fingerprint density at radius 3 is 2.52 bits per heavy atom. The zero-order valence-corrected chi connectivity index (χ0v) is 12.8. The molecule has 0 radical (unpaired) electrons. The van der Waals surface area contributed by atoms with Crippen LogP contribution in [0.2, 0.25) is 0 Å². The summed E-state index contributed by atoms with van der Waals surface area (Å²) in [4.78, 5) is 0.285. The van der Waals surface area contributed by atoms with Crippen LogP contribution < -0.4 is 4.72 Å². The van der Waals surface area contributed by atoms with Gasteiger partial charge in [-0.25, -0.2) is 13.1 Å². The third-order valence-electron chi connectivity index (χ3n) is 4.94. The maximum Gasteiger partial charge on any atom is 0.240 e. The Kier molecular flexibility index (Phi) is 4.01. The number of hydrogen-bond donors (Lipinski definition) is 1. The van der Waals surface area contributed by atoms with Crippen molar-refractivity contribution in [2.75, 3.05) is 6.54 Å². The van der Waals surface area contributed by atoms with Crippen molar-refractivity contribution in [1.82, 2.24) is 4.72 Å². The first-order valence-corrected chi connectivity index (χ1v) is 9.02. The van der Waals surface area contributed by atoms with Crippen LogP contribution >= 0.6 is 0 Å². The molecule has 0 aliphatic heterocycles. The molecular formula is C16H20N2O2S. The minimum Gasteiger partial charge on any atom is -0.211 e. The van der Waals surface area contributed by atoms with Crippen molar-refractivity contribution in [3.05, 3.63) is 29.8 Å². The summed E-state index contributed by atoms with van der Waals surface area (Å²) in [5.74, 6) is 2.06. The van der Waals surface area contributed by atoms with Gasteiger partial charge in [0.05, 0.1) is 17.4 Å². The molecule has 1 aromatic rings. The molecule has 3 unspecified atom stereocenters. The molecule has 0 spiro atoms. The molecule has 1 aromatic carbocycles. The molecule has 2 bridgehead atoms. The van der Waals surface area contributed by atoms with Gasteiger partial charge in [0.25, 0.3) is 0 Å². The number of nitrogens with one attached hydrogen (secondary N) is 1. The number of fused-ring (bicyclic) bond motifs is 2. The van der Waals surface area contributed by atoms with Crippen LogP contribution in [0.5, 0.6) is 0 Å². The summed E-state index contributed by atoms with van der Waals surface area (Å²) < 4.78 is 27.3. The van der Waals surface area contributed by atoms with E-state index in [1.807, 2.05) is 0 Å². The molecule has 0 amide bonds. The molecule has 2 aliphatic rings. The van der Waals surface area contributed by atoms with Crippen molar-refractivity contribution >= 4 is 10.0 Å². The summed E-state index contributed by atoms with van der Waals surface area (Å²) in [6, 6.07) is 8.62. The van der Waals surface area contributed by atoms with E-state index in [0.717, 1.165) is 17.4 Å². The fraction of sp³-hybridized carbons (Fsp3) is 0.562. The Morgan fingerprint density at radius 2 is 1.95 bits per heavy atom. The molecule has 4 nitrogen and oxygen atoms in total. The minimum atomic E-state index is -3.43. The van der Waals surface area contributed by atoms with Crippen molar-refractivity contribution in [1.29, 1.82) is 5.26 Å². The summed E-state index contributed by atoms with van der Waals surface area (Å²) in [5.41, 5.74) is 0.838. The number of nitrogens with zero attached hydrogens (tertiary/aromatic N) is 1. The van der Waals surface area contributed by atoms with Crippen LogP contribution in [0.1, 0.15) is 31.2 Å². The highest BCUT2D eigenvalue weighted by molar-refractivity contribution is 7.89. The molecule has 3 rings (SSSR count). The molecule has 112 valence electrons. The second kappa shape index (κ2) is 5.78. The molecule has 3 atom stereocenters. The molecule has 2 fully saturated rings. The largest absolute Gasteiger partial charge is 0.240 e. The number of sulfonamides is 1. The van der Waals surface area contributed by atoms with Gasteiger partial charge in [-0.2, -0.15) is 5.26 Å². The number of nitriles is 1. The Labute approximate surface area is 126 Å². The summed E-state index contributed by atoms with van der Waals surface area (Å²) in [6.07, 6.45) is 5.36. The Hall–Kier alpha value is -1.38. The topological polar surface area (TPSA) is 70.0 Å². The second-order valence-corrected chi connectivity index (χ2v) is 8.03. The van der Waals surface area contributed by atoms with Crippen molar-refractivity contribution in [3.8, 4) is 6.07 Å². The predicted molar refractivity (Wildman–Crippen MR) is 79.9 cm³/mol. The third kappa shape index (κ3) is 3.12. The van der Waals surface area contributed by atoms with Gasteiger partial charge in [0.1, 0.15) is 0 Å². The third-order valence-corrected chi connectivity index (χ3v) is 6.38. The van der Waals surface area contributed by atoms with Crippen LogP contribution in [-0.2, 0) is 16.4 Å². The molecule has 2 saturated carbocycles. The van der Waals surface area contributed by atoms with Crippen LogP contribution in [0.15, 0.2) is 29.2 Å². The highest BCUT2D eigenvalue weighted by Crippen LogP contribution is 2.48. The lowest BCUT2D eigenvalue weighted by Gasteiger charge is -2.21. The fourth-order valence-corrected chi connectivity index (χ4v) is 4.90. The van der Waals surface area contributed by atoms with Gasteiger partial charge in [-0.15, -0.1) is 0 Å². The SMILES string of the molecule is N#CCc1ccc(S(=O)(=O)NCC2CC3CCC2C3)cc1. The van der Waals surface area contributed by atoms with Gasteiger partial charge in [-0.05, 0) is 54.7 Å². The van der Waals surface area contributed by atoms with Crippen molar-refractivity contribution in [2.24, 2.45) is 17.8 Å². The number of rotatable bonds is 5. The summed E-state index contributed by atoms with van der Waals surface area (Å²) in [6.45, 7) is 0.559. The van der Waals surface area contributed by atoms with Gasteiger partial charge in [-0.1, -0.05) is 18.6 Å². The fourth-order valence-electron chi connectivity index (χ4n) is 3.80. The maximum absolute atomic E-state index is 12.3. The zero-order chi connectivity index (χ0) is 14.9. The van der Waals surface area contributed by atoms with E-state index in [9.17, 15) is 8.42 Å². The molecule has 1 N–H and O–H groups in total. The number of hydrogen-bond acceptors (Lipinski definition) is 3. The first kappa shape index (κ1) is 14.6. The Bertz CT molecular complexity index is 646. The highest BCUT2D eigenvalue weighted by atomic mass is 32.2. The van der Waals surface area contributed by atoms with Gasteiger partial charge < -0.3 is 0 Å². The van der Waals surface area contributed by atoms with Crippen LogP contribution in [0.4, 0.5) is 0 Å². The monoisotopic (exact) mass is 304 g/mol. The van der Waals surface area contributed by atoms with E-state index in [0.29, 0.717) is 18.9 Å². The Balaban J connectivity index is 1.62. The van der Waals surface area contributed by atoms with E-state index in [-0.39, 0.29) is 4.90 Å². The standard InChI is InChI=1S/C16H20N2O2S/c17-8-7-12-2-5-16(6-3-12)21(19,20)18-11-15-10-13-1-4-14(15)9-13/h2-3,5-6,13-15,18H,1,4,7,9-11H2. The number of benzene rings is 1. The summed E-state index contributed by atoms with van der Waals surface area (Å²) in [7, 11) is -3.43. The van der Waals surface area contributed by atoms with E-state index in [2.05, 4.69) is 10.8 Å². The van der Waals surface area contributed by atoms with Gasteiger partial charge >= 0.3 is 0 Å². The van der Waals surface area contributed by atoms with Gasteiger partial charge in [-0.3, -0.25) is 0 Å². The molecule has 0 saturated heterocycles. The molecule has 5 heteroatoms. The van der Waals surface area contributed by atoms with Gasteiger partial charge in [0.2, 0.25) is 10.0 Å². The molecule has 0 aromatic heterocycles. The summed E-state index contributed by atoms with van der Waals surface area (Å²) >= 11 is 0. The van der Waals surface area contributed by atoms with Gasteiger partial charge in [0, 0.05) is 6.54 Å². The first-order chi connectivity index (χ1) is 10.1. The van der Waals surface area contributed by atoms with Crippen LogP contribution in [0, 0.1) is 29.1 Å². The summed E-state index contributed by atoms with van der Waals surface area (Å²) in [5, 5.41) is 8.63. The molecule has 0 heterocycles. The average Bonchev–Trinajstić information content (AvgIpc) is 3.09. The lowest BCUT2D eigenvalue weighted by atomic mass is 9.89. The molecular weight excluding hydrogens is 284 g/mol. The lowest BCUT2D eigenvalue weighted by molar-refractivity contribution is 0.333. The van der Waals surface area contributed by atoms with Crippen molar-refractivity contribution in [2.45, 2.75) is 37.0 Å². The smallest absolute Gasteiger partial charge is 0.211 e. The van der Waals surface area contributed by atoms with E-state index < -0.39 is 10.0 Å². The maximum atomic E-state index is 12.3. The predicted octanol–water partition coefficient (Wildman–Crippen LogP) is 2.47. The molecule has 2 aliphatic carbocycles. The quantitative estimate of drug-likeness (QED) is 0.908. The molecule has 21 heavy (non-hydrogen) atoms. The second-order valence-electron chi connectivity index (χ2n) is 6.27. The van der Waals surface area contributed by atoms with E-state index in [4.69, 9.17) is 5.26 Å². The zero-order valence-electron chi connectivity index (χ0n) is 12.0.